The number of hydrazine groups is 1. The maximum absolute atomic E-state index is 13.3. The first kappa shape index (κ1) is 16.9. The average Bonchev–Trinajstić information content (AvgIpc) is 2.43. The Morgan fingerprint density at radius 1 is 1.24 bits per heavy atom. The van der Waals surface area contributed by atoms with E-state index in [1.807, 2.05) is 10.9 Å². The Labute approximate surface area is 123 Å². The zero-order chi connectivity index (χ0) is 15.8. The Bertz CT molecular complexity index is 554. The highest BCUT2D eigenvalue weighted by molar-refractivity contribution is 8.00. The smallest absolute Gasteiger partial charge is 0.316 e. The molecule has 2 amide bonds. The molecule has 21 heavy (non-hydrogen) atoms. The Morgan fingerprint density at radius 2 is 1.95 bits per heavy atom. The highest BCUT2D eigenvalue weighted by atomic mass is 32.2. The van der Waals surface area contributed by atoms with E-state index in [9.17, 15) is 23.2 Å². The number of thioether (sulfide) groups is 1. The molecule has 6 nitrogen and oxygen atoms in total. The summed E-state index contributed by atoms with van der Waals surface area (Å²) in [6, 6.07) is 2.87. The molecule has 0 aliphatic rings. The molecule has 0 saturated carbocycles. The van der Waals surface area contributed by atoms with Crippen LogP contribution in [0.5, 0.6) is 0 Å². The molecule has 0 fully saturated rings. The fourth-order valence-electron chi connectivity index (χ4n) is 1.11. The molecule has 0 aromatic heterocycles. The quantitative estimate of drug-likeness (QED) is 0.476. The fraction of sp³-hybridized carbons (Fsp3) is 0.250. The molecule has 9 heteroatoms. The van der Waals surface area contributed by atoms with Crippen molar-refractivity contribution in [3.05, 3.63) is 29.8 Å². The van der Waals surface area contributed by atoms with Gasteiger partial charge in [-0.25, -0.2) is 8.78 Å². The molecule has 0 aliphatic carbocycles. The van der Waals surface area contributed by atoms with Crippen molar-refractivity contribution in [2.24, 2.45) is 0 Å². The third-order valence-electron chi connectivity index (χ3n) is 1.98. The van der Waals surface area contributed by atoms with Gasteiger partial charge in [0.2, 0.25) is 5.91 Å². The molecule has 0 atom stereocenters. The predicted molar refractivity (Wildman–Crippen MR) is 70.0 cm³/mol. The van der Waals surface area contributed by atoms with Gasteiger partial charge in [0.05, 0.1) is 5.75 Å². The van der Waals surface area contributed by atoms with Gasteiger partial charge in [-0.3, -0.25) is 25.2 Å². The number of carbonyl (C=O) groups is 3. The summed E-state index contributed by atoms with van der Waals surface area (Å²) in [4.78, 5) is 32.9. The summed E-state index contributed by atoms with van der Waals surface area (Å²) in [6.07, 6.45) is 0. The maximum atomic E-state index is 13.3. The van der Waals surface area contributed by atoms with Crippen LogP contribution in [-0.4, -0.2) is 30.1 Å². The Hall–Kier alpha value is -2.16. The lowest BCUT2D eigenvalue weighted by atomic mass is 10.3. The van der Waals surface area contributed by atoms with Crippen molar-refractivity contribution in [2.45, 2.75) is 11.8 Å². The molecule has 0 bridgehead atoms. The van der Waals surface area contributed by atoms with Crippen molar-refractivity contribution < 1.29 is 27.9 Å². The van der Waals surface area contributed by atoms with E-state index in [2.05, 4.69) is 4.74 Å². The standard InChI is InChI=1S/C12H12F2N2O4S/c1-7(17)15-16-11(18)5-20-12(19)6-21-10-4-8(13)2-3-9(10)14/h2-4H,5-6H2,1H3,(H,15,17)(H,16,18). The number of ether oxygens (including phenoxy) is 1. The van der Waals surface area contributed by atoms with E-state index >= 15 is 0 Å². The lowest BCUT2D eigenvalue weighted by Crippen LogP contribution is -2.42. The van der Waals surface area contributed by atoms with E-state index in [0.29, 0.717) is 0 Å². The summed E-state index contributed by atoms with van der Waals surface area (Å²) in [6.45, 7) is 0.599. The minimum atomic E-state index is -0.776. The molecule has 0 aliphatic heterocycles. The van der Waals surface area contributed by atoms with E-state index in [0.717, 1.165) is 30.0 Å². The van der Waals surface area contributed by atoms with Gasteiger partial charge < -0.3 is 4.74 Å². The van der Waals surface area contributed by atoms with Gasteiger partial charge in [-0.15, -0.1) is 11.8 Å². The highest BCUT2D eigenvalue weighted by Crippen LogP contribution is 2.22. The van der Waals surface area contributed by atoms with Crippen LogP contribution in [0.2, 0.25) is 0 Å². The van der Waals surface area contributed by atoms with Crippen LogP contribution >= 0.6 is 11.8 Å². The molecule has 2 N–H and O–H groups in total. The number of esters is 1. The van der Waals surface area contributed by atoms with Gasteiger partial charge in [-0.2, -0.15) is 0 Å². The van der Waals surface area contributed by atoms with Gasteiger partial charge in [-0.1, -0.05) is 0 Å². The Kier molecular flexibility index (Phi) is 6.60. The van der Waals surface area contributed by atoms with Crippen LogP contribution in [-0.2, 0) is 19.1 Å². The first-order valence-corrected chi connectivity index (χ1v) is 6.66. The number of amides is 2. The number of benzene rings is 1. The first-order valence-electron chi connectivity index (χ1n) is 5.67. The van der Waals surface area contributed by atoms with Gasteiger partial charge in [-0.05, 0) is 18.2 Å². The van der Waals surface area contributed by atoms with Gasteiger partial charge in [0.25, 0.3) is 5.91 Å². The monoisotopic (exact) mass is 318 g/mol. The molecule has 0 radical (unpaired) electrons. The molecule has 1 rings (SSSR count). The second-order valence-corrected chi connectivity index (χ2v) is 4.77. The van der Waals surface area contributed by atoms with Crippen molar-refractivity contribution in [3.63, 3.8) is 0 Å². The minimum Gasteiger partial charge on any atom is -0.455 e. The number of nitrogens with one attached hydrogen (secondary N) is 2. The van der Waals surface area contributed by atoms with E-state index in [1.165, 1.54) is 6.92 Å². The van der Waals surface area contributed by atoms with Crippen LogP contribution < -0.4 is 10.9 Å². The molecule has 114 valence electrons. The normalized spacial score (nSPS) is 9.86. The summed E-state index contributed by atoms with van der Waals surface area (Å²) < 4.78 is 30.7. The second-order valence-electron chi connectivity index (χ2n) is 3.75. The average molecular weight is 318 g/mol. The first-order chi connectivity index (χ1) is 9.88. The largest absolute Gasteiger partial charge is 0.455 e. The van der Waals surface area contributed by atoms with E-state index < -0.39 is 36.0 Å². The third kappa shape index (κ3) is 6.70. The number of rotatable bonds is 5. The van der Waals surface area contributed by atoms with Crippen molar-refractivity contribution in [2.75, 3.05) is 12.4 Å². The lowest BCUT2D eigenvalue weighted by Gasteiger charge is -2.06. The molecule has 0 unspecified atom stereocenters. The topological polar surface area (TPSA) is 84.5 Å². The maximum Gasteiger partial charge on any atom is 0.316 e. The van der Waals surface area contributed by atoms with Crippen LogP contribution in [0.15, 0.2) is 23.1 Å². The van der Waals surface area contributed by atoms with Crippen LogP contribution in [0.3, 0.4) is 0 Å². The van der Waals surface area contributed by atoms with Gasteiger partial charge in [0.15, 0.2) is 6.61 Å². The summed E-state index contributed by atoms with van der Waals surface area (Å²) in [7, 11) is 0. The molecular weight excluding hydrogens is 306 g/mol. The van der Waals surface area contributed by atoms with Gasteiger partial charge in [0.1, 0.15) is 11.6 Å². The van der Waals surface area contributed by atoms with E-state index in [-0.39, 0.29) is 10.6 Å². The second kappa shape index (κ2) is 8.20. The van der Waals surface area contributed by atoms with Crippen LogP contribution in [0, 0.1) is 11.6 Å². The summed E-state index contributed by atoms with van der Waals surface area (Å²) in [5.41, 5.74) is 4.01. The van der Waals surface area contributed by atoms with Crippen LogP contribution in [0.25, 0.3) is 0 Å². The fourth-order valence-corrected chi connectivity index (χ4v) is 1.86. The SMILES string of the molecule is CC(=O)NNC(=O)COC(=O)CSc1cc(F)ccc1F. The zero-order valence-corrected chi connectivity index (χ0v) is 11.8. The Balaban J connectivity index is 2.32. The van der Waals surface area contributed by atoms with Crippen LogP contribution in [0.4, 0.5) is 8.78 Å². The number of hydrogen-bond acceptors (Lipinski definition) is 5. The lowest BCUT2D eigenvalue weighted by molar-refractivity contribution is -0.146. The van der Waals surface area contributed by atoms with Crippen LogP contribution in [0.1, 0.15) is 6.92 Å². The van der Waals surface area contributed by atoms with Crippen molar-refractivity contribution in [1.82, 2.24) is 10.9 Å². The Morgan fingerprint density at radius 3 is 2.62 bits per heavy atom. The van der Waals surface area contributed by atoms with Crippen molar-refractivity contribution in [3.8, 4) is 0 Å². The van der Waals surface area contributed by atoms with Gasteiger partial charge >= 0.3 is 5.97 Å². The number of carbonyl (C=O) groups excluding carboxylic acids is 3. The van der Waals surface area contributed by atoms with E-state index in [1.54, 1.807) is 0 Å². The molecular formula is C12H12F2N2O4S. The molecule has 0 heterocycles. The minimum absolute atomic E-state index is 0.0327. The molecule has 1 aromatic rings. The van der Waals surface area contributed by atoms with Crippen molar-refractivity contribution in [1.29, 1.82) is 0 Å². The number of hydrogen-bond donors (Lipinski definition) is 2. The van der Waals surface area contributed by atoms with Crippen molar-refractivity contribution >= 4 is 29.5 Å². The summed E-state index contributed by atoms with van der Waals surface area (Å²) >= 11 is 0.748. The van der Waals surface area contributed by atoms with E-state index in [4.69, 9.17) is 0 Å². The molecule has 0 spiro atoms. The molecule has 0 saturated heterocycles. The molecule has 1 aromatic carbocycles. The summed E-state index contributed by atoms with van der Waals surface area (Å²) in [5, 5.41) is 0. The number of halogens is 2. The summed E-state index contributed by atoms with van der Waals surface area (Å²) in [5.74, 6) is -3.54. The van der Waals surface area contributed by atoms with Gasteiger partial charge in [0, 0.05) is 11.8 Å². The zero-order valence-electron chi connectivity index (χ0n) is 10.9. The highest BCUT2D eigenvalue weighted by Gasteiger charge is 2.11. The third-order valence-corrected chi connectivity index (χ3v) is 2.98. The predicted octanol–water partition coefficient (Wildman–Crippen LogP) is 0.767.